The van der Waals surface area contributed by atoms with Gasteiger partial charge in [0.1, 0.15) is 0 Å². The van der Waals surface area contributed by atoms with Gasteiger partial charge in [-0.25, -0.2) is 0 Å². The summed E-state index contributed by atoms with van der Waals surface area (Å²) in [6.07, 6.45) is 0. The summed E-state index contributed by atoms with van der Waals surface area (Å²) in [5.74, 6) is -0.244. The summed E-state index contributed by atoms with van der Waals surface area (Å²) in [7, 11) is 0. The van der Waals surface area contributed by atoms with Crippen molar-refractivity contribution in [2.75, 3.05) is 32.8 Å². The minimum absolute atomic E-state index is 0.181. The Bertz CT molecular complexity index is 1050. The average molecular weight is 391 g/mol. The van der Waals surface area contributed by atoms with Crippen molar-refractivity contribution in [1.29, 1.82) is 0 Å². The van der Waals surface area contributed by atoms with Crippen LogP contribution < -0.4 is 10.9 Å². The van der Waals surface area contributed by atoms with Crippen LogP contribution in [0.2, 0.25) is 0 Å². The summed E-state index contributed by atoms with van der Waals surface area (Å²) in [5.41, 5.74) is 2.98. The largest absolute Gasteiger partial charge is 0.379 e. The fraction of sp³-hybridized carbons (Fsp3) is 0.304. The molecule has 29 heavy (non-hydrogen) atoms. The molecule has 6 heteroatoms. The summed E-state index contributed by atoms with van der Waals surface area (Å²) >= 11 is 0. The number of aromatic nitrogens is 1. The number of hydrogen-bond acceptors (Lipinski definition) is 4. The standard InChI is InChI=1S/C23H25N3O3/c1-16-6-8-17(9-7-16)21(15-26-10-12-29-13-11-26)25-23(28)19-14-22(27)24-20-5-3-2-4-18(19)20/h2-9,14,21H,10-13,15H2,1H3,(H,24,27)(H,25,28). The lowest BCUT2D eigenvalue weighted by Crippen LogP contribution is -2.43. The van der Waals surface area contributed by atoms with Crippen molar-refractivity contribution in [1.82, 2.24) is 15.2 Å². The number of morpholine rings is 1. The third-order valence-electron chi connectivity index (χ3n) is 5.32. The van der Waals surface area contributed by atoms with E-state index in [1.54, 1.807) is 6.07 Å². The SMILES string of the molecule is Cc1ccc(C(CN2CCOCC2)NC(=O)c2cc(=O)[nH]c3ccccc23)cc1. The van der Waals surface area contributed by atoms with Crippen molar-refractivity contribution in [2.24, 2.45) is 0 Å². The first-order chi connectivity index (χ1) is 14.1. The van der Waals surface area contributed by atoms with E-state index in [0.29, 0.717) is 30.8 Å². The van der Waals surface area contributed by atoms with Gasteiger partial charge in [0.15, 0.2) is 0 Å². The smallest absolute Gasteiger partial charge is 0.252 e. The van der Waals surface area contributed by atoms with E-state index in [1.165, 1.54) is 11.6 Å². The molecule has 150 valence electrons. The number of nitrogens with zero attached hydrogens (tertiary/aromatic N) is 1. The molecule has 1 saturated heterocycles. The molecular formula is C23H25N3O3. The molecule has 2 heterocycles. The molecule has 4 rings (SSSR count). The first-order valence-corrected chi connectivity index (χ1v) is 9.90. The zero-order valence-electron chi connectivity index (χ0n) is 16.5. The number of H-pyrrole nitrogens is 1. The van der Waals surface area contributed by atoms with Crippen LogP contribution in [0, 0.1) is 6.92 Å². The van der Waals surface area contributed by atoms with Crippen molar-refractivity contribution >= 4 is 16.8 Å². The van der Waals surface area contributed by atoms with Crippen molar-refractivity contribution < 1.29 is 9.53 Å². The number of ether oxygens (including phenoxy) is 1. The summed E-state index contributed by atoms with van der Waals surface area (Å²) in [5, 5.41) is 3.90. The van der Waals surface area contributed by atoms with E-state index < -0.39 is 0 Å². The molecule has 2 aromatic carbocycles. The molecule has 1 atom stereocenters. The number of amides is 1. The first kappa shape index (κ1) is 19.4. The molecule has 1 unspecified atom stereocenters. The Morgan fingerprint density at radius 1 is 1.14 bits per heavy atom. The van der Waals surface area contributed by atoms with Gasteiger partial charge in [-0.1, -0.05) is 48.0 Å². The second kappa shape index (κ2) is 8.59. The summed E-state index contributed by atoms with van der Waals surface area (Å²) in [4.78, 5) is 30.3. The molecule has 1 amide bonds. The molecule has 1 aliphatic heterocycles. The fourth-order valence-electron chi connectivity index (χ4n) is 3.70. The van der Waals surface area contributed by atoms with Gasteiger partial charge >= 0.3 is 0 Å². The van der Waals surface area contributed by atoms with Crippen LogP contribution in [0.5, 0.6) is 0 Å². The minimum atomic E-state index is -0.283. The molecule has 0 radical (unpaired) electrons. The zero-order chi connectivity index (χ0) is 20.2. The predicted octanol–water partition coefficient (Wildman–Crippen LogP) is 2.64. The Hall–Kier alpha value is -2.96. The third kappa shape index (κ3) is 4.55. The van der Waals surface area contributed by atoms with Crippen LogP contribution in [0.25, 0.3) is 10.9 Å². The van der Waals surface area contributed by atoms with E-state index in [2.05, 4.69) is 39.5 Å². The number of hydrogen-bond donors (Lipinski definition) is 2. The highest BCUT2D eigenvalue weighted by atomic mass is 16.5. The average Bonchev–Trinajstić information content (AvgIpc) is 2.74. The number of carbonyl (C=O) groups excluding carboxylic acids is 1. The molecule has 6 nitrogen and oxygen atoms in total. The van der Waals surface area contributed by atoms with Crippen LogP contribution in [-0.4, -0.2) is 48.6 Å². The Labute approximate surface area is 169 Å². The summed E-state index contributed by atoms with van der Waals surface area (Å²) < 4.78 is 5.45. The number of carbonyl (C=O) groups is 1. The summed E-state index contributed by atoms with van der Waals surface area (Å²) in [6.45, 7) is 5.82. The van der Waals surface area contributed by atoms with E-state index in [9.17, 15) is 9.59 Å². The van der Waals surface area contributed by atoms with E-state index in [-0.39, 0.29) is 17.5 Å². The highest BCUT2D eigenvalue weighted by molar-refractivity contribution is 6.06. The lowest BCUT2D eigenvalue weighted by Gasteiger charge is -2.31. The van der Waals surface area contributed by atoms with Gasteiger partial charge in [0, 0.05) is 36.6 Å². The van der Waals surface area contributed by atoms with Crippen LogP contribution in [-0.2, 0) is 4.74 Å². The van der Waals surface area contributed by atoms with Gasteiger partial charge in [-0.15, -0.1) is 0 Å². The normalized spacial score (nSPS) is 15.9. The number of aromatic amines is 1. The molecule has 0 bridgehead atoms. The van der Waals surface area contributed by atoms with E-state index >= 15 is 0 Å². The molecule has 0 saturated carbocycles. The molecular weight excluding hydrogens is 366 g/mol. The maximum absolute atomic E-state index is 13.2. The Morgan fingerprint density at radius 2 is 1.86 bits per heavy atom. The number of fused-ring (bicyclic) bond motifs is 1. The quantitative estimate of drug-likeness (QED) is 0.701. The van der Waals surface area contributed by atoms with Crippen molar-refractivity contribution in [3.05, 3.63) is 81.6 Å². The topological polar surface area (TPSA) is 74.4 Å². The predicted molar refractivity (Wildman–Crippen MR) is 113 cm³/mol. The van der Waals surface area contributed by atoms with Crippen molar-refractivity contribution in [3.63, 3.8) is 0 Å². The van der Waals surface area contributed by atoms with Crippen LogP contribution in [0.4, 0.5) is 0 Å². The fourth-order valence-corrected chi connectivity index (χ4v) is 3.70. The zero-order valence-corrected chi connectivity index (χ0v) is 16.5. The minimum Gasteiger partial charge on any atom is -0.379 e. The van der Waals surface area contributed by atoms with Gasteiger partial charge in [0.25, 0.3) is 5.91 Å². The van der Waals surface area contributed by atoms with Gasteiger partial charge in [0.2, 0.25) is 5.56 Å². The van der Waals surface area contributed by atoms with Gasteiger partial charge in [-0.05, 0) is 18.6 Å². The maximum atomic E-state index is 13.2. The number of para-hydroxylation sites is 1. The molecule has 3 aromatic rings. The number of aryl methyl sites for hydroxylation is 1. The second-order valence-electron chi connectivity index (χ2n) is 7.44. The van der Waals surface area contributed by atoms with Crippen LogP contribution >= 0.6 is 0 Å². The number of pyridine rings is 1. The highest BCUT2D eigenvalue weighted by Gasteiger charge is 2.22. The van der Waals surface area contributed by atoms with E-state index in [0.717, 1.165) is 24.0 Å². The Kier molecular flexibility index (Phi) is 5.74. The second-order valence-corrected chi connectivity index (χ2v) is 7.44. The molecule has 1 aliphatic rings. The molecule has 2 N–H and O–H groups in total. The van der Waals surface area contributed by atoms with Crippen molar-refractivity contribution in [3.8, 4) is 0 Å². The molecule has 0 spiro atoms. The third-order valence-corrected chi connectivity index (χ3v) is 5.32. The first-order valence-electron chi connectivity index (χ1n) is 9.90. The molecule has 0 aliphatic carbocycles. The maximum Gasteiger partial charge on any atom is 0.252 e. The van der Waals surface area contributed by atoms with Crippen LogP contribution in [0.15, 0.2) is 59.4 Å². The molecule has 1 aromatic heterocycles. The van der Waals surface area contributed by atoms with Crippen molar-refractivity contribution in [2.45, 2.75) is 13.0 Å². The van der Waals surface area contributed by atoms with Gasteiger partial charge in [0.05, 0.1) is 24.8 Å². The monoisotopic (exact) mass is 391 g/mol. The van der Waals surface area contributed by atoms with Gasteiger partial charge < -0.3 is 15.0 Å². The van der Waals surface area contributed by atoms with Gasteiger partial charge in [-0.3, -0.25) is 14.5 Å². The number of rotatable bonds is 5. The highest BCUT2D eigenvalue weighted by Crippen LogP contribution is 2.19. The van der Waals surface area contributed by atoms with E-state index in [1.807, 2.05) is 25.1 Å². The number of nitrogens with one attached hydrogen (secondary N) is 2. The summed E-state index contributed by atoms with van der Waals surface area (Å²) in [6, 6.07) is 16.8. The van der Waals surface area contributed by atoms with Crippen LogP contribution in [0.3, 0.4) is 0 Å². The van der Waals surface area contributed by atoms with Crippen LogP contribution in [0.1, 0.15) is 27.5 Å². The lowest BCUT2D eigenvalue weighted by atomic mass is 10.0. The van der Waals surface area contributed by atoms with E-state index in [4.69, 9.17) is 4.74 Å². The number of benzene rings is 2. The Morgan fingerprint density at radius 3 is 2.62 bits per heavy atom. The van der Waals surface area contributed by atoms with Gasteiger partial charge in [-0.2, -0.15) is 0 Å². The lowest BCUT2D eigenvalue weighted by molar-refractivity contribution is 0.0332. The molecule has 1 fully saturated rings. The Balaban J connectivity index is 1.64.